The Labute approximate surface area is 160 Å². The van der Waals surface area contributed by atoms with Gasteiger partial charge < -0.3 is 0 Å². The fourth-order valence-corrected chi connectivity index (χ4v) is 3.92. The van der Waals surface area contributed by atoms with Crippen LogP contribution in [0.5, 0.6) is 0 Å². The van der Waals surface area contributed by atoms with Gasteiger partial charge in [0.05, 0.1) is 12.2 Å². The van der Waals surface area contributed by atoms with Crippen molar-refractivity contribution in [1.29, 1.82) is 0 Å². The third-order valence-electron chi connectivity index (χ3n) is 4.43. The number of hydrogen-bond acceptors (Lipinski definition) is 3. The molecule has 1 N–H and O–H groups in total. The topological polar surface area (TPSA) is 64.0 Å². The Morgan fingerprint density at radius 2 is 1.68 bits per heavy atom. The predicted octanol–water partition coefficient (Wildman–Crippen LogP) is 3.44. The van der Waals surface area contributed by atoms with Gasteiger partial charge in [-0.05, 0) is 31.5 Å². The van der Waals surface area contributed by atoms with E-state index in [2.05, 4.69) is 9.82 Å². The van der Waals surface area contributed by atoms with Crippen molar-refractivity contribution in [1.82, 2.24) is 14.5 Å². The van der Waals surface area contributed by atoms with Crippen LogP contribution in [0.3, 0.4) is 0 Å². The third kappa shape index (κ3) is 3.95. The van der Waals surface area contributed by atoms with Gasteiger partial charge in [-0.15, -0.1) is 0 Å². The Kier molecular flexibility index (Phi) is 5.57. The molecule has 0 unspecified atom stereocenters. The van der Waals surface area contributed by atoms with E-state index in [1.807, 2.05) is 30.3 Å². The summed E-state index contributed by atoms with van der Waals surface area (Å²) in [4.78, 5) is -0.946. The number of nitrogens with zero attached hydrogens (tertiary/aromatic N) is 2. The molecule has 0 saturated heterocycles. The highest BCUT2D eigenvalue weighted by Gasteiger charge is 2.24. The highest BCUT2D eigenvalue weighted by Crippen LogP contribution is 2.21. The van der Waals surface area contributed by atoms with Gasteiger partial charge in [0.2, 0.25) is 10.0 Å². The molecule has 0 aliphatic heterocycles. The van der Waals surface area contributed by atoms with Crippen LogP contribution in [0.2, 0.25) is 0 Å². The Morgan fingerprint density at radius 3 is 2.36 bits per heavy atom. The van der Waals surface area contributed by atoms with Crippen molar-refractivity contribution >= 4 is 10.0 Å². The minimum Gasteiger partial charge on any atom is -0.265 e. The SMILES string of the molecule is Cc1nn(Cc2ccccc2)c(C)c1CNS(=O)(=O)c1ccc(F)c(F)c1F. The normalized spacial score (nSPS) is 11.8. The predicted molar refractivity (Wildman–Crippen MR) is 97.6 cm³/mol. The van der Waals surface area contributed by atoms with Gasteiger partial charge in [-0.25, -0.2) is 26.3 Å². The Morgan fingerprint density at radius 1 is 1.00 bits per heavy atom. The molecule has 0 fully saturated rings. The van der Waals surface area contributed by atoms with Crippen molar-refractivity contribution in [3.8, 4) is 0 Å². The van der Waals surface area contributed by atoms with Crippen LogP contribution in [0.1, 0.15) is 22.5 Å². The molecule has 1 aromatic heterocycles. The highest BCUT2D eigenvalue weighted by atomic mass is 32.2. The number of rotatable bonds is 6. The first kappa shape index (κ1) is 20.1. The quantitative estimate of drug-likeness (QED) is 0.635. The first-order chi connectivity index (χ1) is 13.2. The van der Waals surface area contributed by atoms with Crippen molar-refractivity contribution in [2.75, 3.05) is 0 Å². The summed E-state index contributed by atoms with van der Waals surface area (Å²) in [5.74, 6) is -5.03. The second-order valence-corrected chi connectivity index (χ2v) is 8.03. The minimum atomic E-state index is -4.38. The number of sulfonamides is 1. The van der Waals surface area contributed by atoms with Crippen LogP contribution in [0.15, 0.2) is 47.4 Å². The molecule has 3 rings (SSSR count). The summed E-state index contributed by atoms with van der Waals surface area (Å²) in [5, 5.41) is 4.42. The zero-order chi connectivity index (χ0) is 20.5. The van der Waals surface area contributed by atoms with Gasteiger partial charge >= 0.3 is 0 Å². The lowest BCUT2D eigenvalue weighted by atomic mass is 10.2. The van der Waals surface area contributed by atoms with Crippen LogP contribution >= 0.6 is 0 Å². The van der Waals surface area contributed by atoms with Crippen molar-refractivity contribution in [3.05, 3.63) is 82.4 Å². The number of benzene rings is 2. The molecular weight excluding hydrogens is 391 g/mol. The Hall–Kier alpha value is -2.65. The van der Waals surface area contributed by atoms with Crippen molar-refractivity contribution in [2.45, 2.75) is 31.8 Å². The largest absolute Gasteiger partial charge is 0.265 e. The van der Waals surface area contributed by atoms with E-state index in [0.29, 0.717) is 29.9 Å². The molecule has 2 aromatic carbocycles. The Bertz CT molecular complexity index is 1110. The molecule has 1 heterocycles. The maximum absolute atomic E-state index is 13.8. The van der Waals surface area contributed by atoms with Gasteiger partial charge in [0.15, 0.2) is 17.5 Å². The van der Waals surface area contributed by atoms with E-state index in [-0.39, 0.29) is 6.54 Å². The molecule has 3 aromatic rings. The summed E-state index contributed by atoms with van der Waals surface area (Å²) in [6.45, 7) is 3.88. The summed E-state index contributed by atoms with van der Waals surface area (Å²) in [7, 11) is -4.38. The first-order valence-electron chi connectivity index (χ1n) is 8.40. The van der Waals surface area contributed by atoms with Crippen molar-refractivity contribution < 1.29 is 21.6 Å². The van der Waals surface area contributed by atoms with E-state index in [0.717, 1.165) is 11.3 Å². The van der Waals surface area contributed by atoms with E-state index in [9.17, 15) is 21.6 Å². The second kappa shape index (κ2) is 7.76. The standard InChI is InChI=1S/C19H18F3N3O2S/c1-12-15(13(2)25(24-12)11-14-6-4-3-5-7-14)10-23-28(26,27)17-9-8-16(20)18(21)19(17)22/h3-9,23H,10-11H2,1-2H3. The fraction of sp³-hybridized carbons (Fsp3) is 0.211. The van der Waals surface area contributed by atoms with Gasteiger partial charge in [-0.1, -0.05) is 30.3 Å². The summed E-state index contributed by atoms with van der Waals surface area (Å²) in [6.07, 6.45) is 0. The summed E-state index contributed by atoms with van der Waals surface area (Å²) in [6, 6.07) is 10.9. The fourth-order valence-electron chi connectivity index (χ4n) is 2.86. The molecule has 0 amide bonds. The lowest BCUT2D eigenvalue weighted by molar-refractivity contribution is 0.431. The number of hydrogen-bond donors (Lipinski definition) is 1. The van der Waals surface area contributed by atoms with Crippen molar-refractivity contribution in [3.63, 3.8) is 0 Å². The van der Waals surface area contributed by atoms with Gasteiger partial charge in [0.25, 0.3) is 0 Å². The van der Waals surface area contributed by atoms with Crippen molar-refractivity contribution in [2.24, 2.45) is 0 Å². The molecule has 148 valence electrons. The van der Waals surface area contributed by atoms with E-state index in [1.165, 1.54) is 0 Å². The third-order valence-corrected chi connectivity index (χ3v) is 5.85. The monoisotopic (exact) mass is 409 g/mol. The van der Waals surface area contributed by atoms with Gasteiger partial charge in [0.1, 0.15) is 4.90 Å². The molecule has 0 aliphatic carbocycles. The van der Waals surface area contributed by atoms with Crippen LogP contribution in [-0.4, -0.2) is 18.2 Å². The van der Waals surface area contributed by atoms with Gasteiger partial charge in [-0.2, -0.15) is 5.10 Å². The zero-order valence-electron chi connectivity index (χ0n) is 15.2. The maximum Gasteiger partial charge on any atom is 0.243 e. The summed E-state index contributed by atoms with van der Waals surface area (Å²) >= 11 is 0. The van der Waals surface area contributed by atoms with Gasteiger partial charge in [-0.3, -0.25) is 4.68 Å². The number of aromatic nitrogens is 2. The van der Waals surface area contributed by atoms with E-state index >= 15 is 0 Å². The molecule has 0 radical (unpaired) electrons. The molecule has 9 heteroatoms. The molecular formula is C19H18F3N3O2S. The van der Waals surface area contributed by atoms with E-state index in [1.54, 1.807) is 18.5 Å². The molecule has 0 spiro atoms. The first-order valence-corrected chi connectivity index (χ1v) is 9.89. The second-order valence-electron chi connectivity index (χ2n) is 6.29. The van der Waals surface area contributed by atoms with Gasteiger partial charge in [0, 0.05) is 17.8 Å². The summed E-state index contributed by atoms with van der Waals surface area (Å²) < 4.78 is 68.9. The Balaban J connectivity index is 1.82. The minimum absolute atomic E-state index is 0.159. The average molecular weight is 409 g/mol. The highest BCUT2D eigenvalue weighted by molar-refractivity contribution is 7.89. The van der Waals surface area contributed by atoms with Crippen LogP contribution < -0.4 is 4.72 Å². The number of aryl methyl sites for hydroxylation is 1. The lowest BCUT2D eigenvalue weighted by Crippen LogP contribution is -2.25. The maximum atomic E-state index is 13.8. The molecule has 5 nitrogen and oxygen atoms in total. The number of halogens is 3. The molecule has 0 bridgehead atoms. The molecule has 0 aliphatic rings. The molecule has 28 heavy (non-hydrogen) atoms. The average Bonchev–Trinajstić information content (AvgIpc) is 2.92. The van der Waals surface area contributed by atoms with Crippen LogP contribution in [-0.2, 0) is 23.1 Å². The smallest absolute Gasteiger partial charge is 0.243 e. The zero-order valence-corrected chi connectivity index (χ0v) is 16.0. The lowest BCUT2D eigenvalue weighted by Gasteiger charge is -2.09. The van der Waals surface area contributed by atoms with Crippen LogP contribution in [0.4, 0.5) is 13.2 Å². The van der Waals surface area contributed by atoms with E-state index < -0.39 is 32.4 Å². The number of nitrogens with one attached hydrogen (secondary N) is 1. The molecule has 0 atom stereocenters. The molecule has 0 saturated carbocycles. The van der Waals surface area contributed by atoms with Crippen LogP contribution in [0.25, 0.3) is 0 Å². The summed E-state index contributed by atoms with van der Waals surface area (Å²) in [5.41, 5.74) is 3.02. The van der Waals surface area contributed by atoms with Crippen LogP contribution in [0, 0.1) is 31.3 Å². The van der Waals surface area contributed by atoms with E-state index in [4.69, 9.17) is 0 Å².